The Balaban J connectivity index is 2.06. The van der Waals surface area contributed by atoms with Crippen LogP contribution in [0.15, 0.2) is 47.1 Å². The van der Waals surface area contributed by atoms with Gasteiger partial charge in [0.2, 0.25) is 0 Å². The summed E-state index contributed by atoms with van der Waals surface area (Å²) in [6, 6.07) is 9.50. The van der Waals surface area contributed by atoms with E-state index in [0.29, 0.717) is 0 Å². The molecule has 1 aromatic heterocycles. The number of halogens is 1. The summed E-state index contributed by atoms with van der Waals surface area (Å²) in [5, 5.41) is 7.65. The van der Waals surface area contributed by atoms with Crippen LogP contribution >= 0.6 is 15.9 Å². The molecule has 1 aliphatic rings. The molecule has 2 aromatic rings. The second kappa shape index (κ2) is 6.08. The van der Waals surface area contributed by atoms with Crippen molar-refractivity contribution in [3.63, 3.8) is 0 Å². The van der Waals surface area contributed by atoms with Crippen LogP contribution in [0.2, 0.25) is 0 Å². The van der Waals surface area contributed by atoms with E-state index in [-0.39, 0.29) is 23.8 Å². The Bertz CT molecular complexity index is 734. The van der Waals surface area contributed by atoms with Gasteiger partial charge in [-0.3, -0.25) is 4.79 Å². The second-order valence-corrected chi connectivity index (χ2v) is 6.41. The first-order valence-electron chi connectivity index (χ1n) is 7.20. The highest BCUT2D eigenvalue weighted by Gasteiger charge is 2.48. The first-order chi connectivity index (χ1) is 11.0. The molecule has 0 unspecified atom stereocenters. The monoisotopic (exact) mass is 374 g/mol. The lowest BCUT2D eigenvalue weighted by Gasteiger charge is -2.25. The average molecular weight is 375 g/mol. The molecule has 0 spiro atoms. The van der Waals surface area contributed by atoms with Crippen molar-refractivity contribution in [3.05, 3.63) is 52.6 Å². The van der Waals surface area contributed by atoms with Gasteiger partial charge in [0.1, 0.15) is 6.04 Å². The summed E-state index contributed by atoms with van der Waals surface area (Å²) in [6.45, 7) is 3.77. The molecule has 0 radical (unpaired) electrons. The lowest BCUT2D eigenvalue weighted by atomic mass is 10.0. The van der Waals surface area contributed by atoms with Gasteiger partial charge in [-0.2, -0.15) is 5.10 Å². The minimum absolute atomic E-state index is 0.123. The van der Waals surface area contributed by atoms with Gasteiger partial charge in [0.15, 0.2) is 5.82 Å². The Morgan fingerprint density at radius 3 is 2.39 bits per heavy atom. The van der Waals surface area contributed by atoms with Crippen molar-refractivity contribution in [2.24, 2.45) is 0 Å². The quantitative estimate of drug-likeness (QED) is 0.773. The van der Waals surface area contributed by atoms with Crippen molar-refractivity contribution in [1.29, 1.82) is 0 Å². The Hall–Kier alpha value is -2.28. The number of carbonyl (C=O) groups is 2. The molecule has 1 saturated heterocycles. The molecule has 0 N–H and O–H groups in total. The van der Waals surface area contributed by atoms with Gasteiger partial charge in [-0.25, -0.2) is 9.69 Å². The summed E-state index contributed by atoms with van der Waals surface area (Å²) in [5.41, 5.74) is 0.770. The van der Waals surface area contributed by atoms with E-state index in [1.807, 2.05) is 38.1 Å². The number of hydrogen-bond acceptors (Lipinski definition) is 4. The summed E-state index contributed by atoms with van der Waals surface area (Å²) in [4.78, 5) is 28.3. The van der Waals surface area contributed by atoms with Crippen LogP contribution in [0.25, 0.3) is 0 Å². The fraction of sp³-hybridized carbons (Fsp3) is 0.250. The summed E-state index contributed by atoms with van der Waals surface area (Å²) in [6.07, 6.45) is 1.50. The number of anilines is 1. The number of aromatic nitrogens is 2. The molecular weight excluding hydrogens is 360 g/mol. The molecule has 1 aromatic carbocycles. The van der Waals surface area contributed by atoms with Crippen LogP contribution in [0.3, 0.4) is 0 Å². The summed E-state index contributed by atoms with van der Waals surface area (Å²) in [5.74, 6) is -0.0701. The molecule has 1 atom stereocenters. The van der Waals surface area contributed by atoms with Gasteiger partial charge in [0, 0.05) is 16.7 Å². The number of hydrogen-bond donors (Lipinski definition) is 0. The van der Waals surface area contributed by atoms with E-state index >= 15 is 0 Å². The zero-order valence-corrected chi connectivity index (χ0v) is 14.3. The highest BCUT2D eigenvalue weighted by atomic mass is 79.9. The Morgan fingerprint density at radius 1 is 1.13 bits per heavy atom. The third kappa shape index (κ3) is 2.72. The number of benzene rings is 1. The third-order valence-corrected chi connectivity index (χ3v) is 4.20. The number of nitrogens with zero attached hydrogens (tertiary/aromatic N) is 4. The summed E-state index contributed by atoms with van der Waals surface area (Å²) in [7, 11) is 0. The van der Waals surface area contributed by atoms with Gasteiger partial charge in [-0.05, 0) is 43.7 Å². The zero-order chi connectivity index (χ0) is 16.6. The van der Waals surface area contributed by atoms with Gasteiger partial charge in [-0.1, -0.05) is 28.1 Å². The van der Waals surface area contributed by atoms with Crippen LogP contribution in [-0.2, 0) is 4.79 Å². The van der Waals surface area contributed by atoms with Gasteiger partial charge >= 0.3 is 6.03 Å². The standard InChI is InChI=1S/C16H15BrN4O2/c1-10(2)20-14(11-5-7-12(17)8-6-11)15(22)21(16(20)23)13-4-3-9-18-19-13/h3-10,14H,1-2H3/t14-/m0/s1. The Labute approximate surface area is 142 Å². The van der Waals surface area contributed by atoms with Crippen molar-refractivity contribution in [2.75, 3.05) is 4.90 Å². The van der Waals surface area contributed by atoms with Crippen LogP contribution in [0.1, 0.15) is 25.5 Å². The average Bonchev–Trinajstić information content (AvgIpc) is 2.80. The normalized spacial score (nSPS) is 18.2. The van der Waals surface area contributed by atoms with E-state index < -0.39 is 6.04 Å². The zero-order valence-electron chi connectivity index (χ0n) is 12.7. The van der Waals surface area contributed by atoms with Gasteiger partial charge in [0.25, 0.3) is 5.91 Å². The molecule has 3 amide bonds. The smallest absolute Gasteiger partial charge is 0.305 e. The predicted octanol–water partition coefficient (Wildman–Crippen LogP) is 3.16. The maximum atomic E-state index is 12.9. The molecule has 3 rings (SSSR count). The van der Waals surface area contributed by atoms with Crippen molar-refractivity contribution in [2.45, 2.75) is 25.9 Å². The molecule has 7 heteroatoms. The SMILES string of the molecule is CC(C)N1C(=O)N(c2cccnn2)C(=O)[C@@H]1c1ccc(Br)cc1. The van der Waals surface area contributed by atoms with Gasteiger partial charge < -0.3 is 4.90 Å². The van der Waals surface area contributed by atoms with E-state index in [2.05, 4.69) is 26.1 Å². The molecule has 118 valence electrons. The van der Waals surface area contributed by atoms with Gasteiger partial charge in [0.05, 0.1) is 0 Å². The Morgan fingerprint density at radius 2 is 1.83 bits per heavy atom. The molecule has 0 saturated carbocycles. The molecule has 0 aliphatic carbocycles. The highest BCUT2D eigenvalue weighted by molar-refractivity contribution is 9.10. The lowest BCUT2D eigenvalue weighted by molar-refractivity contribution is -0.120. The van der Waals surface area contributed by atoms with Gasteiger partial charge in [-0.15, -0.1) is 5.10 Å². The van der Waals surface area contributed by atoms with E-state index in [1.165, 1.54) is 6.20 Å². The summed E-state index contributed by atoms with van der Waals surface area (Å²) >= 11 is 3.38. The van der Waals surface area contributed by atoms with Crippen LogP contribution in [0.5, 0.6) is 0 Å². The lowest BCUT2D eigenvalue weighted by Crippen LogP contribution is -2.37. The third-order valence-electron chi connectivity index (χ3n) is 3.67. The van der Waals surface area contributed by atoms with E-state index in [9.17, 15) is 9.59 Å². The fourth-order valence-electron chi connectivity index (χ4n) is 2.65. The van der Waals surface area contributed by atoms with E-state index in [4.69, 9.17) is 0 Å². The number of urea groups is 1. The summed E-state index contributed by atoms with van der Waals surface area (Å²) < 4.78 is 0.917. The predicted molar refractivity (Wildman–Crippen MR) is 88.8 cm³/mol. The van der Waals surface area contributed by atoms with E-state index in [1.54, 1.807) is 17.0 Å². The van der Waals surface area contributed by atoms with Crippen LogP contribution in [0, 0.1) is 0 Å². The van der Waals surface area contributed by atoms with Crippen molar-refractivity contribution in [3.8, 4) is 0 Å². The van der Waals surface area contributed by atoms with Crippen molar-refractivity contribution >= 4 is 33.7 Å². The molecule has 1 aliphatic heterocycles. The number of amides is 3. The minimum Gasteiger partial charge on any atom is -0.305 e. The van der Waals surface area contributed by atoms with Crippen molar-refractivity contribution in [1.82, 2.24) is 15.1 Å². The number of imide groups is 1. The molecule has 23 heavy (non-hydrogen) atoms. The minimum atomic E-state index is -0.655. The van der Waals surface area contributed by atoms with Crippen LogP contribution in [-0.4, -0.2) is 33.1 Å². The number of rotatable bonds is 3. The maximum Gasteiger partial charge on any atom is 0.333 e. The Kier molecular flexibility index (Phi) is 4.12. The van der Waals surface area contributed by atoms with E-state index in [0.717, 1.165) is 14.9 Å². The molecule has 6 nitrogen and oxygen atoms in total. The molecule has 2 heterocycles. The second-order valence-electron chi connectivity index (χ2n) is 5.49. The molecular formula is C16H15BrN4O2. The molecule has 1 fully saturated rings. The first kappa shape index (κ1) is 15.6. The molecule has 0 bridgehead atoms. The highest BCUT2D eigenvalue weighted by Crippen LogP contribution is 2.35. The first-order valence-corrected chi connectivity index (χ1v) is 7.99. The number of carbonyl (C=O) groups excluding carboxylic acids is 2. The van der Waals surface area contributed by atoms with Crippen LogP contribution in [0.4, 0.5) is 10.6 Å². The maximum absolute atomic E-state index is 12.9. The fourth-order valence-corrected chi connectivity index (χ4v) is 2.92. The van der Waals surface area contributed by atoms with Crippen molar-refractivity contribution < 1.29 is 9.59 Å². The largest absolute Gasteiger partial charge is 0.333 e. The topological polar surface area (TPSA) is 66.4 Å². The van der Waals surface area contributed by atoms with Crippen LogP contribution < -0.4 is 4.90 Å².